The number of hydrogen-bond acceptors (Lipinski definition) is 6. The van der Waals surface area contributed by atoms with Gasteiger partial charge in [-0.05, 0) is 18.9 Å². The summed E-state index contributed by atoms with van der Waals surface area (Å²) >= 11 is 1.60. The van der Waals surface area contributed by atoms with Gasteiger partial charge >= 0.3 is 0 Å². The molecule has 0 aliphatic carbocycles. The molecule has 20 heavy (non-hydrogen) atoms. The molecule has 5 nitrogen and oxygen atoms in total. The molecule has 0 bridgehead atoms. The minimum absolute atomic E-state index is 0.122. The van der Waals surface area contributed by atoms with E-state index in [9.17, 15) is 8.42 Å². The van der Waals surface area contributed by atoms with Crippen LogP contribution in [0.3, 0.4) is 0 Å². The Labute approximate surface area is 123 Å². The van der Waals surface area contributed by atoms with Gasteiger partial charge < -0.3 is 5.32 Å². The molecule has 0 aliphatic rings. The van der Waals surface area contributed by atoms with Crippen molar-refractivity contribution in [2.75, 3.05) is 18.1 Å². The zero-order chi connectivity index (χ0) is 14.8. The van der Waals surface area contributed by atoms with Crippen LogP contribution in [0.1, 0.15) is 31.0 Å². The van der Waals surface area contributed by atoms with Crippen molar-refractivity contribution in [2.24, 2.45) is 0 Å². The van der Waals surface area contributed by atoms with Crippen molar-refractivity contribution in [1.82, 2.24) is 9.97 Å². The third-order valence-electron chi connectivity index (χ3n) is 2.77. The van der Waals surface area contributed by atoms with E-state index in [1.807, 2.05) is 0 Å². The largest absolute Gasteiger partial charge is 0.369 e. The van der Waals surface area contributed by atoms with Crippen molar-refractivity contribution in [3.05, 3.63) is 16.8 Å². The average molecular weight is 313 g/mol. The summed E-state index contributed by atoms with van der Waals surface area (Å²) in [6.07, 6.45) is 3.12. The smallest absolute Gasteiger partial charge is 0.154 e. The van der Waals surface area contributed by atoms with Crippen LogP contribution in [0.5, 0.6) is 0 Å². The van der Waals surface area contributed by atoms with Gasteiger partial charge in [0.25, 0.3) is 0 Å². The van der Waals surface area contributed by atoms with E-state index >= 15 is 0 Å². The lowest BCUT2D eigenvalue weighted by molar-refractivity contribution is 0.600. The van der Waals surface area contributed by atoms with Gasteiger partial charge in [-0.25, -0.2) is 18.4 Å². The summed E-state index contributed by atoms with van der Waals surface area (Å²) in [4.78, 5) is 10.8. The summed E-state index contributed by atoms with van der Waals surface area (Å²) in [5, 5.41) is 4.25. The maximum absolute atomic E-state index is 11.4. The molecule has 2 aromatic rings. The molecule has 7 heteroatoms. The molecule has 2 heterocycles. The van der Waals surface area contributed by atoms with Crippen LogP contribution in [-0.4, -0.2) is 31.2 Å². The van der Waals surface area contributed by atoms with Crippen LogP contribution in [0.25, 0.3) is 10.2 Å². The van der Waals surface area contributed by atoms with Crippen molar-refractivity contribution >= 4 is 37.2 Å². The van der Waals surface area contributed by atoms with E-state index in [2.05, 4.69) is 35.2 Å². The monoisotopic (exact) mass is 313 g/mol. The maximum Gasteiger partial charge on any atom is 0.154 e. The van der Waals surface area contributed by atoms with Gasteiger partial charge in [0.1, 0.15) is 22.2 Å². The van der Waals surface area contributed by atoms with Crippen molar-refractivity contribution in [2.45, 2.75) is 32.4 Å². The van der Waals surface area contributed by atoms with Crippen LogP contribution in [0.2, 0.25) is 0 Å². The Morgan fingerprint density at radius 2 is 2.05 bits per heavy atom. The normalized spacial score (nSPS) is 11.9. The van der Waals surface area contributed by atoms with Crippen molar-refractivity contribution in [3.8, 4) is 0 Å². The average Bonchev–Trinajstić information content (AvgIpc) is 2.76. The van der Waals surface area contributed by atoms with Crippen molar-refractivity contribution in [3.63, 3.8) is 0 Å². The summed E-state index contributed by atoms with van der Waals surface area (Å²) in [6, 6.07) is 2.09. The molecule has 0 saturated carbocycles. The zero-order valence-electron chi connectivity index (χ0n) is 11.9. The van der Waals surface area contributed by atoms with Crippen LogP contribution in [-0.2, 0) is 22.0 Å². The van der Waals surface area contributed by atoms with Crippen LogP contribution in [0.4, 0.5) is 5.82 Å². The lowest BCUT2D eigenvalue weighted by Gasteiger charge is -2.07. The standard InChI is InChI=1S/C13H19N3O2S2/c1-4-6-14-12-10-7-9(5-2)19-13(10)16-11(15-12)8-20(3,17)18/h7H,4-6,8H2,1-3H3,(H,14,15,16). The lowest BCUT2D eigenvalue weighted by Crippen LogP contribution is -2.09. The zero-order valence-corrected chi connectivity index (χ0v) is 13.6. The Morgan fingerprint density at radius 1 is 1.30 bits per heavy atom. The Morgan fingerprint density at radius 3 is 2.65 bits per heavy atom. The minimum Gasteiger partial charge on any atom is -0.369 e. The molecule has 0 radical (unpaired) electrons. The summed E-state index contributed by atoms with van der Waals surface area (Å²) in [6.45, 7) is 4.98. The van der Waals surface area contributed by atoms with E-state index in [1.54, 1.807) is 11.3 Å². The van der Waals surface area contributed by atoms with E-state index in [-0.39, 0.29) is 5.75 Å². The quantitative estimate of drug-likeness (QED) is 0.887. The van der Waals surface area contributed by atoms with Gasteiger partial charge in [0.05, 0.1) is 5.39 Å². The summed E-state index contributed by atoms with van der Waals surface area (Å²) < 4.78 is 22.9. The molecular weight excluding hydrogens is 294 g/mol. The highest BCUT2D eigenvalue weighted by Crippen LogP contribution is 2.29. The predicted octanol–water partition coefficient (Wildman–Crippen LogP) is 2.62. The van der Waals surface area contributed by atoms with Gasteiger partial charge in [-0.15, -0.1) is 11.3 Å². The highest BCUT2D eigenvalue weighted by atomic mass is 32.2. The molecular formula is C13H19N3O2S2. The van der Waals surface area contributed by atoms with Gasteiger partial charge in [0.2, 0.25) is 0 Å². The first-order valence-electron chi connectivity index (χ1n) is 6.64. The molecule has 2 aromatic heterocycles. The van der Waals surface area contributed by atoms with Gasteiger partial charge in [-0.2, -0.15) is 0 Å². The number of nitrogens with one attached hydrogen (secondary N) is 1. The number of aryl methyl sites for hydroxylation is 1. The van der Waals surface area contributed by atoms with Gasteiger partial charge in [-0.3, -0.25) is 0 Å². The number of sulfone groups is 1. The van der Waals surface area contributed by atoms with Gasteiger partial charge in [-0.1, -0.05) is 13.8 Å². The molecule has 1 N–H and O–H groups in total. The number of fused-ring (bicyclic) bond motifs is 1. The maximum atomic E-state index is 11.4. The van der Waals surface area contributed by atoms with E-state index in [0.29, 0.717) is 5.82 Å². The first-order chi connectivity index (χ1) is 9.43. The number of rotatable bonds is 6. The fourth-order valence-electron chi connectivity index (χ4n) is 1.87. The summed E-state index contributed by atoms with van der Waals surface area (Å²) in [5.41, 5.74) is 0. The van der Waals surface area contributed by atoms with Gasteiger partial charge in [0.15, 0.2) is 9.84 Å². The lowest BCUT2D eigenvalue weighted by atomic mass is 10.3. The molecule has 110 valence electrons. The highest BCUT2D eigenvalue weighted by Gasteiger charge is 2.14. The van der Waals surface area contributed by atoms with E-state index in [1.165, 1.54) is 11.1 Å². The molecule has 0 spiro atoms. The second kappa shape index (κ2) is 6.05. The second-order valence-electron chi connectivity index (χ2n) is 4.77. The van der Waals surface area contributed by atoms with Crippen LogP contribution in [0, 0.1) is 0 Å². The second-order valence-corrected chi connectivity index (χ2v) is 8.03. The number of aromatic nitrogens is 2. The van der Waals surface area contributed by atoms with E-state index in [0.717, 1.165) is 35.4 Å². The number of anilines is 1. The van der Waals surface area contributed by atoms with Gasteiger partial charge in [0, 0.05) is 17.7 Å². The fourth-order valence-corrected chi connectivity index (χ4v) is 3.45. The fraction of sp³-hybridized carbons (Fsp3) is 0.538. The molecule has 0 atom stereocenters. The molecule has 0 aliphatic heterocycles. The van der Waals surface area contributed by atoms with Crippen molar-refractivity contribution in [1.29, 1.82) is 0 Å². The van der Waals surface area contributed by atoms with Crippen LogP contribution < -0.4 is 5.32 Å². The highest BCUT2D eigenvalue weighted by molar-refractivity contribution is 7.89. The molecule has 0 saturated heterocycles. The predicted molar refractivity (Wildman–Crippen MR) is 84.1 cm³/mol. The third-order valence-corrected chi connectivity index (χ3v) is 4.73. The van der Waals surface area contributed by atoms with Crippen molar-refractivity contribution < 1.29 is 8.42 Å². The molecule has 0 amide bonds. The number of hydrogen-bond donors (Lipinski definition) is 1. The summed E-state index contributed by atoms with van der Waals surface area (Å²) in [7, 11) is -3.13. The minimum atomic E-state index is -3.13. The Bertz CT molecular complexity index is 708. The molecule has 0 fully saturated rings. The molecule has 2 rings (SSSR count). The third kappa shape index (κ3) is 3.67. The Kier molecular flexibility index (Phi) is 4.59. The van der Waals surface area contributed by atoms with E-state index < -0.39 is 9.84 Å². The molecule has 0 unspecified atom stereocenters. The molecule has 0 aromatic carbocycles. The first-order valence-corrected chi connectivity index (χ1v) is 9.51. The number of nitrogens with zero attached hydrogens (tertiary/aromatic N) is 2. The summed E-state index contributed by atoms with van der Waals surface area (Å²) in [5.74, 6) is 0.984. The SMILES string of the molecule is CCCNc1nc(CS(C)(=O)=O)nc2sc(CC)cc12. The van der Waals surface area contributed by atoms with Crippen LogP contribution >= 0.6 is 11.3 Å². The Balaban J connectivity index is 2.50. The number of thiophene rings is 1. The Hall–Kier alpha value is -1.21. The first kappa shape index (κ1) is 15.2. The van der Waals surface area contributed by atoms with Crippen LogP contribution in [0.15, 0.2) is 6.07 Å². The van der Waals surface area contributed by atoms with E-state index in [4.69, 9.17) is 0 Å². The topological polar surface area (TPSA) is 72.0 Å².